The average molecular weight is 565 g/mol. The maximum Gasteiger partial charge on any atom is 0.179 e. The fourth-order valence-corrected chi connectivity index (χ4v) is 6.24. The van der Waals surface area contributed by atoms with Gasteiger partial charge in [-0.2, -0.15) is 0 Å². The van der Waals surface area contributed by atoms with Crippen LogP contribution in [0.15, 0.2) is 140 Å². The summed E-state index contributed by atoms with van der Waals surface area (Å²) in [5, 5.41) is 3.47. The Kier molecular flexibility index (Phi) is 5.40. The van der Waals surface area contributed by atoms with Gasteiger partial charge in [-0.3, -0.25) is 9.97 Å². The number of hydrogen-bond donors (Lipinski definition) is 1. The van der Waals surface area contributed by atoms with Crippen molar-refractivity contribution in [2.24, 2.45) is 0 Å². The summed E-state index contributed by atoms with van der Waals surface area (Å²) in [5.74, 6) is 0.566. The van der Waals surface area contributed by atoms with E-state index >= 15 is 0 Å². The Hall–Kier alpha value is -6.14. The van der Waals surface area contributed by atoms with Gasteiger partial charge in [0, 0.05) is 45.3 Å². The summed E-state index contributed by atoms with van der Waals surface area (Å²) < 4.78 is 2.25. The normalized spacial score (nSPS) is 11.6. The standard InChI is InChI=1S/C38H24N6/c1-2-10-26(11-3-1)44-34-19-17-25(24-16-18-31-28(22-24)27-12-4-5-13-30(27)41-31)23-29(34)35-37(44)36(32-14-6-8-20-39-32)43-38(42-35)33-15-7-9-21-40-33/h1-23,41H. The first-order valence-electron chi connectivity index (χ1n) is 14.6. The Balaban J connectivity index is 1.37. The number of nitrogens with one attached hydrogen (secondary N) is 1. The SMILES string of the molecule is c1ccc(-n2c3ccc(-c4ccc5[nH]c6ccccc6c5c4)cc3c3nc(-c4ccccn4)nc(-c4ccccn4)c32)cc1. The van der Waals surface area contributed by atoms with Gasteiger partial charge in [0.1, 0.15) is 22.4 Å². The molecule has 9 rings (SSSR count). The zero-order valence-electron chi connectivity index (χ0n) is 23.5. The lowest BCUT2D eigenvalue weighted by Crippen LogP contribution is -2.01. The van der Waals surface area contributed by atoms with E-state index in [2.05, 4.69) is 99.5 Å². The zero-order chi connectivity index (χ0) is 29.0. The molecule has 0 radical (unpaired) electrons. The molecule has 5 aromatic heterocycles. The molecule has 0 spiro atoms. The van der Waals surface area contributed by atoms with Gasteiger partial charge in [0.25, 0.3) is 0 Å². The third-order valence-electron chi connectivity index (χ3n) is 8.26. The second-order valence-electron chi connectivity index (χ2n) is 10.9. The van der Waals surface area contributed by atoms with Crippen LogP contribution in [-0.4, -0.2) is 29.5 Å². The Morgan fingerprint density at radius 3 is 2.00 bits per heavy atom. The quantitative estimate of drug-likeness (QED) is 0.232. The molecule has 0 bridgehead atoms. The first kappa shape index (κ1) is 24.5. The van der Waals surface area contributed by atoms with Crippen molar-refractivity contribution in [2.45, 2.75) is 0 Å². The van der Waals surface area contributed by atoms with Gasteiger partial charge in [-0.25, -0.2) is 9.97 Å². The molecule has 4 aromatic carbocycles. The molecule has 0 aliphatic heterocycles. The topological polar surface area (TPSA) is 72.3 Å². The molecular weight excluding hydrogens is 540 g/mol. The highest BCUT2D eigenvalue weighted by Gasteiger charge is 2.22. The highest BCUT2D eigenvalue weighted by atomic mass is 15.0. The molecule has 0 fully saturated rings. The first-order chi connectivity index (χ1) is 21.8. The minimum atomic E-state index is 0.566. The fourth-order valence-electron chi connectivity index (χ4n) is 6.24. The largest absolute Gasteiger partial charge is 0.355 e. The van der Waals surface area contributed by atoms with Gasteiger partial charge in [0.05, 0.1) is 11.2 Å². The zero-order valence-corrected chi connectivity index (χ0v) is 23.5. The van der Waals surface area contributed by atoms with Crippen LogP contribution in [0.3, 0.4) is 0 Å². The van der Waals surface area contributed by atoms with Crippen molar-refractivity contribution in [3.8, 4) is 39.7 Å². The van der Waals surface area contributed by atoms with Crippen LogP contribution in [0.5, 0.6) is 0 Å². The molecule has 6 nitrogen and oxygen atoms in total. The number of benzene rings is 4. The van der Waals surface area contributed by atoms with E-state index in [0.29, 0.717) is 11.5 Å². The third kappa shape index (κ3) is 3.82. The Labute approximate surface area is 252 Å². The highest BCUT2D eigenvalue weighted by Crippen LogP contribution is 2.39. The monoisotopic (exact) mass is 564 g/mol. The van der Waals surface area contributed by atoms with Crippen molar-refractivity contribution in [2.75, 3.05) is 0 Å². The van der Waals surface area contributed by atoms with E-state index in [0.717, 1.165) is 61.2 Å². The van der Waals surface area contributed by atoms with E-state index in [4.69, 9.17) is 15.0 Å². The number of H-pyrrole nitrogens is 1. The molecule has 0 saturated heterocycles. The molecule has 206 valence electrons. The lowest BCUT2D eigenvalue weighted by atomic mass is 10.0. The summed E-state index contributed by atoms with van der Waals surface area (Å²) in [6, 6.07) is 43.8. The van der Waals surface area contributed by atoms with Crippen LogP contribution < -0.4 is 0 Å². The second-order valence-corrected chi connectivity index (χ2v) is 10.9. The van der Waals surface area contributed by atoms with Crippen LogP contribution in [0.1, 0.15) is 0 Å². The van der Waals surface area contributed by atoms with Crippen LogP contribution in [0.2, 0.25) is 0 Å². The third-order valence-corrected chi connectivity index (χ3v) is 8.26. The van der Waals surface area contributed by atoms with Crippen LogP contribution in [0.25, 0.3) is 83.5 Å². The van der Waals surface area contributed by atoms with Crippen LogP contribution in [-0.2, 0) is 0 Å². The van der Waals surface area contributed by atoms with Gasteiger partial charge in [0.2, 0.25) is 0 Å². The fraction of sp³-hybridized carbons (Fsp3) is 0. The number of pyridine rings is 2. The summed E-state index contributed by atoms with van der Waals surface area (Å²) in [6.45, 7) is 0. The van der Waals surface area contributed by atoms with E-state index in [1.54, 1.807) is 12.4 Å². The van der Waals surface area contributed by atoms with Crippen molar-refractivity contribution in [3.63, 3.8) is 0 Å². The molecule has 0 amide bonds. The molecule has 9 aromatic rings. The van der Waals surface area contributed by atoms with Crippen molar-refractivity contribution in [3.05, 3.63) is 140 Å². The molecule has 0 aliphatic rings. The Morgan fingerprint density at radius 1 is 0.523 bits per heavy atom. The van der Waals surface area contributed by atoms with Gasteiger partial charge in [-0.15, -0.1) is 0 Å². The summed E-state index contributed by atoms with van der Waals surface area (Å²) in [7, 11) is 0. The smallest absolute Gasteiger partial charge is 0.179 e. The van der Waals surface area contributed by atoms with Crippen molar-refractivity contribution < 1.29 is 0 Å². The average Bonchev–Trinajstić information content (AvgIpc) is 3.64. The molecule has 6 heteroatoms. The Morgan fingerprint density at radius 2 is 1.20 bits per heavy atom. The summed E-state index contributed by atoms with van der Waals surface area (Å²) in [6.07, 6.45) is 3.58. The number of aromatic amines is 1. The molecule has 0 unspecified atom stereocenters. The van der Waals surface area contributed by atoms with E-state index in [-0.39, 0.29) is 0 Å². The molecule has 1 N–H and O–H groups in total. The maximum absolute atomic E-state index is 5.20. The first-order valence-corrected chi connectivity index (χ1v) is 14.6. The predicted molar refractivity (Wildman–Crippen MR) is 178 cm³/mol. The molecular formula is C38H24N6. The van der Waals surface area contributed by atoms with Gasteiger partial charge in [-0.1, -0.05) is 60.7 Å². The number of para-hydroxylation sites is 2. The molecule has 0 aliphatic carbocycles. The maximum atomic E-state index is 5.20. The van der Waals surface area contributed by atoms with Crippen LogP contribution in [0, 0.1) is 0 Å². The highest BCUT2D eigenvalue weighted by molar-refractivity contribution is 6.13. The number of fused-ring (bicyclic) bond motifs is 6. The van der Waals surface area contributed by atoms with Gasteiger partial charge >= 0.3 is 0 Å². The van der Waals surface area contributed by atoms with Crippen molar-refractivity contribution >= 4 is 43.7 Å². The van der Waals surface area contributed by atoms with Crippen molar-refractivity contribution in [1.29, 1.82) is 0 Å². The van der Waals surface area contributed by atoms with Gasteiger partial charge < -0.3 is 9.55 Å². The van der Waals surface area contributed by atoms with E-state index in [9.17, 15) is 0 Å². The lowest BCUT2D eigenvalue weighted by Gasteiger charge is -2.11. The lowest BCUT2D eigenvalue weighted by molar-refractivity contribution is 1.12. The minimum absolute atomic E-state index is 0.566. The number of hydrogen-bond acceptors (Lipinski definition) is 4. The van der Waals surface area contributed by atoms with E-state index in [1.165, 1.54) is 10.8 Å². The number of aromatic nitrogens is 6. The minimum Gasteiger partial charge on any atom is -0.355 e. The van der Waals surface area contributed by atoms with E-state index in [1.807, 2.05) is 42.5 Å². The summed E-state index contributed by atoms with van der Waals surface area (Å²) in [5.41, 5.74) is 10.6. The summed E-state index contributed by atoms with van der Waals surface area (Å²) >= 11 is 0. The van der Waals surface area contributed by atoms with Crippen LogP contribution >= 0.6 is 0 Å². The Bertz CT molecular complexity index is 2480. The van der Waals surface area contributed by atoms with Crippen molar-refractivity contribution in [1.82, 2.24) is 29.5 Å². The van der Waals surface area contributed by atoms with Crippen LogP contribution in [0.4, 0.5) is 0 Å². The van der Waals surface area contributed by atoms with E-state index < -0.39 is 0 Å². The summed E-state index contributed by atoms with van der Waals surface area (Å²) in [4.78, 5) is 23.2. The number of rotatable bonds is 4. The number of nitrogens with zero attached hydrogens (tertiary/aromatic N) is 5. The molecule has 0 atom stereocenters. The molecule has 0 saturated carbocycles. The van der Waals surface area contributed by atoms with Gasteiger partial charge in [0.15, 0.2) is 5.82 Å². The molecule has 44 heavy (non-hydrogen) atoms. The molecule has 5 heterocycles. The second kappa shape index (κ2) is 9.71. The predicted octanol–water partition coefficient (Wildman–Crippen LogP) is 9.00. The van der Waals surface area contributed by atoms with Gasteiger partial charge in [-0.05, 0) is 77.9 Å².